The Bertz CT molecular complexity index is 537. The van der Waals surface area contributed by atoms with Crippen LogP contribution in [0, 0.1) is 11.7 Å². The van der Waals surface area contributed by atoms with Crippen molar-refractivity contribution in [2.24, 2.45) is 5.92 Å². The van der Waals surface area contributed by atoms with Crippen molar-refractivity contribution in [3.05, 3.63) is 30.1 Å². The molecule has 2 aliphatic rings. The van der Waals surface area contributed by atoms with Gasteiger partial charge in [-0.05, 0) is 25.0 Å². The van der Waals surface area contributed by atoms with Crippen molar-refractivity contribution in [1.29, 1.82) is 0 Å². The third-order valence-electron chi connectivity index (χ3n) is 5.27. The molecule has 1 aromatic carbocycles. The van der Waals surface area contributed by atoms with Crippen molar-refractivity contribution in [2.45, 2.75) is 32.1 Å². The molecule has 1 aliphatic carbocycles. The van der Waals surface area contributed by atoms with Gasteiger partial charge in [-0.25, -0.2) is 4.39 Å². The molecule has 2 fully saturated rings. The summed E-state index contributed by atoms with van der Waals surface area (Å²) in [4.78, 5) is 16.6. The molecule has 4 nitrogen and oxygen atoms in total. The number of hydrogen-bond acceptors (Lipinski definition) is 3. The van der Waals surface area contributed by atoms with E-state index in [9.17, 15) is 9.18 Å². The first-order valence-electron chi connectivity index (χ1n) is 9.23. The Labute approximate surface area is 144 Å². The predicted molar refractivity (Wildman–Crippen MR) is 94.6 cm³/mol. The van der Waals surface area contributed by atoms with E-state index in [-0.39, 0.29) is 17.6 Å². The molecule has 1 aromatic rings. The minimum absolute atomic E-state index is 0.148. The predicted octanol–water partition coefficient (Wildman–Crippen LogP) is 2.64. The summed E-state index contributed by atoms with van der Waals surface area (Å²) < 4.78 is 13.8. The third kappa shape index (κ3) is 4.47. The molecule has 1 saturated carbocycles. The summed E-state index contributed by atoms with van der Waals surface area (Å²) in [6, 6.07) is 6.97. The lowest BCUT2D eigenvalue weighted by molar-refractivity contribution is -0.125. The molecule has 0 unspecified atom stereocenters. The van der Waals surface area contributed by atoms with Crippen molar-refractivity contribution in [3.63, 3.8) is 0 Å². The zero-order valence-corrected chi connectivity index (χ0v) is 14.3. The van der Waals surface area contributed by atoms with Gasteiger partial charge in [-0.2, -0.15) is 0 Å². The lowest BCUT2D eigenvalue weighted by atomic mass is 9.89. The number of para-hydroxylation sites is 1. The van der Waals surface area contributed by atoms with E-state index in [0.29, 0.717) is 5.69 Å². The highest BCUT2D eigenvalue weighted by atomic mass is 19.1. The number of anilines is 1. The van der Waals surface area contributed by atoms with Gasteiger partial charge in [0.2, 0.25) is 5.91 Å². The van der Waals surface area contributed by atoms with E-state index < -0.39 is 0 Å². The van der Waals surface area contributed by atoms with Crippen LogP contribution in [0.3, 0.4) is 0 Å². The average Bonchev–Trinajstić information content (AvgIpc) is 2.63. The van der Waals surface area contributed by atoms with Crippen LogP contribution < -0.4 is 10.2 Å². The molecule has 1 aliphatic heterocycles. The topological polar surface area (TPSA) is 35.6 Å². The van der Waals surface area contributed by atoms with E-state index in [1.807, 2.05) is 12.1 Å². The van der Waals surface area contributed by atoms with E-state index >= 15 is 0 Å². The fraction of sp³-hybridized carbons (Fsp3) is 0.632. The highest BCUT2D eigenvalue weighted by molar-refractivity contribution is 5.78. The number of piperazine rings is 1. The lowest BCUT2D eigenvalue weighted by Gasteiger charge is -2.36. The monoisotopic (exact) mass is 333 g/mol. The first kappa shape index (κ1) is 17.2. The second-order valence-electron chi connectivity index (χ2n) is 6.91. The quantitative estimate of drug-likeness (QED) is 0.900. The Balaban J connectivity index is 1.37. The Morgan fingerprint density at radius 1 is 1.08 bits per heavy atom. The van der Waals surface area contributed by atoms with Crippen LogP contribution in [-0.2, 0) is 4.79 Å². The molecule has 0 bridgehead atoms. The summed E-state index contributed by atoms with van der Waals surface area (Å²) in [6.07, 6.45) is 5.75. The number of rotatable bonds is 5. The molecule has 1 saturated heterocycles. The Morgan fingerprint density at radius 3 is 2.50 bits per heavy atom. The molecule has 1 heterocycles. The minimum atomic E-state index is -0.148. The Morgan fingerprint density at radius 2 is 1.79 bits per heavy atom. The van der Waals surface area contributed by atoms with Crippen LogP contribution >= 0.6 is 0 Å². The number of nitrogens with zero attached hydrogens (tertiary/aromatic N) is 2. The molecule has 132 valence electrons. The highest BCUT2D eigenvalue weighted by Crippen LogP contribution is 2.23. The fourth-order valence-electron chi connectivity index (χ4n) is 3.77. The highest BCUT2D eigenvalue weighted by Gasteiger charge is 2.22. The molecule has 3 rings (SSSR count). The number of carbonyl (C=O) groups is 1. The zero-order chi connectivity index (χ0) is 16.8. The van der Waals surface area contributed by atoms with Gasteiger partial charge in [0.15, 0.2) is 0 Å². The smallest absolute Gasteiger partial charge is 0.223 e. The molecule has 0 radical (unpaired) electrons. The van der Waals surface area contributed by atoms with Crippen molar-refractivity contribution >= 4 is 11.6 Å². The maximum absolute atomic E-state index is 13.8. The zero-order valence-electron chi connectivity index (χ0n) is 14.3. The number of amides is 1. The van der Waals surface area contributed by atoms with Crippen LogP contribution in [0.5, 0.6) is 0 Å². The number of benzene rings is 1. The van der Waals surface area contributed by atoms with Crippen molar-refractivity contribution < 1.29 is 9.18 Å². The first-order valence-corrected chi connectivity index (χ1v) is 9.23. The summed E-state index contributed by atoms with van der Waals surface area (Å²) in [7, 11) is 0. The molecular weight excluding hydrogens is 305 g/mol. The van der Waals surface area contributed by atoms with Crippen LogP contribution in [0.25, 0.3) is 0 Å². The van der Waals surface area contributed by atoms with Gasteiger partial charge in [-0.3, -0.25) is 9.69 Å². The molecule has 0 spiro atoms. The van der Waals surface area contributed by atoms with Gasteiger partial charge in [-0.15, -0.1) is 0 Å². The largest absolute Gasteiger partial charge is 0.367 e. The average molecular weight is 333 g/mol. The van der Waals surface area contributed by atoms with E-state index in [1.165, 1.54) is 25.3 Å². The van der Waals surface area contributed by atoms with Crippen molar-refractivity contribution in [3.8, 4) is 0 Å². The summed E-state index contributed by atoms with van der Waals surface area (Å²) in [6.45, 7) is 5.08. The summed E-state index contributed by atoms with van der Waals surface area (Å²) in [5.74, 6) is 0.321. The molecule has 0 atom stereocenters. The van der Waals surface area contributed by atoms with Crippen molar-refractivity contribution in [1.82, 2.24) is 10.2 Å². The van der Waals surface area contributed by atoms with Crippen LogP contribution in [-0.4, -0.2) is 50.1 Å². The third-order valence-corrected chi connectivity index (χ3v) is 5.27. The van der Waals surface area contributed by atoms with E-state index in [4.69, 9.17) is 0 Å². The first-order chi connectivity index (χ1) is 11.7. The van der Waals surface area contributed by atoms with E-state index in [1.54, 1.807) is 6.07 Å². The maximum Gasteiger partial charge on any atom is 0.223 e. The molecule has 1 N–H and O–H groups in total. The molecule has 1 amide bonds. The molecule has 0 aromatic heterocycles. The normalized spacial score (nSPS) is 20.1. The lowest BCUT2D eigenvalue weighted by Crippen LogP contribution is -2.49. The van der Waals surface area contributed by atoms with Crippen LogP contribution in [0.15, 0.2) is 24.3 Å². The van der Waals surface area contributed by atoms with Crippen LogP contribution in [0.2, 0.25) is 0 Å². The van der Waals surface area contributed by atoms with Gasteiger partial charge in [0.05, 0.1) is 5.69 Å². The summed E-state index contributed by atoms with van der Waals surface area (Å²) >= 11 is 0. The van der Waals surface area contributed by atoms with Crippen LogP contribution in [0.4, 0.5) is 10.1 Å². The van der Waals surface area contributed by atoms with Crippen molar-refractivity contribution in [2.75, 3.05) is 44.2 Å². The SMILES string of the molecule is O=C(NCCN1CCN(c2ccccc2F)CC1)C1CCCCC1. The van der Waals surface area contributed by atoms with Gasteiger partial charge < -0.3 is 10.2 Å². The maximum atomic E-state index is 13.8. The van der Waals surface area contributed by atoms with Gasteiger partial charge in [0.1, 0.15) is 5.82 Å². The Hall–Kier alpha value is -1.62. The molecule has 24 heavy (non-hydrogen) atoms. The fourth-order valence-corrected chi connectivity index (χ4v) is 3.77. The second kappa shape index (κ2) is 8.47. The number of nitrogens with one attached hydrogen (secondary N) is 1. The number of carbonyl (C=O) groups excluding carboxylic acids is 1. The second-order valence-corrected chi connectivity index (χ2v) is 6.91. The number of halogens is 1. The van der Waals surface area contributed by atoms with Gasteiger partial charge in [-0.1, -0.05) is 31.4 Å². The van der Waals surface area contributed by atoms with Gasteiger partial charge in [0, 0.05) is 45.2 Å². The minimum Gasteiger partial charge on any atom is -0.367 e. The van der Waals surface area contributed by atoms with Crippen LogP contribution in [0.1, 0.15) is 32.1 Å². The van der Waals surface area contributed by atoms with E-state index in [2.05, 4.69) is 15.1 Å². The van der Waals surface area contributed by atoms with E-state index in [0.717, 1.165) is 52.1 Å². The molecular formula is C19H28FN3O. The van der Waals surface area contributed by atoms with Gasteiger partial charge in [0.25, 0.3) is 0 Å². The standard InChI is InChI=1S/C19H28FN3O/c20-17-8-4-5-9-18(17)23-14-12-22(13-15-23)11-10-21-19(24)16-6-2-1-3-7-16/h4-5,8-9,16H,1-3,6-7,10-15H2,(H,21,24). The molecule has 5 heteroatoms. The Kier molecular flexibility index (Phi) is 6.07. The summed E-state index contributed by atoms with van der Waals surface area (Å²) in [5.41, 5.74) is 0.697. The number of hydrogen-bond donors (Lipinski definition) is 1. The van der Waals surface area contributed by atoms with Gasteiger partial charge >= 0.3 is 0 Å². The summed E-state index contributed by atoms with van der Waals surface area (Å²) in [5, 5.41) is 3.10.